The van der Waals surface area contributed by atoms with E-state index in [9.17, 15) is 9.59 Å². The molecule has 172 valence electrons. The summed E-state index contributed by atoms with van der Waals surface area (Å²) >= 11 is 1.29. The van der Waals surface area contributed by atoms with Gasteiger partial charge >= 0.3 is 6.03 Å². The molecule has 1 atom stereocenters. The molecule has 0 saturated carbocycles. The molecule has 3 aromatic rings. The van der Waals surface area contributed by atoms with Gasteiger partial charge in [0.05, 0.1) is 7.11 Å². The van der Waals surface area contributed by atoms with Crippen molar-refractivity contribution in [3.63, 3.8) is 0 Å². The van der Waals surface area contributed by atoms with Crippen molar-refractivity contribution in [1.29, 1.82) is 0 Å². The van der Waals surface area contributed by atoms with Gasteiger partial charge in [0.15, 0.2) is 0 Å². The molecule has 0 unspecified atom stereocenters. The zero-order chi connectivity index (χ0) is 23.0. The fraction of sp³-hybridized carbons (Fsp3) is 0.333. The van der Waals surface area contributed by atoms with Crippen molar-refractivity contribution < 1.29 is 14.3 Å². The standard InChI is InChI=1S/C24H27N5O3S/c1-32-20-11-9-19(10-12-20)26-21(30)23-28-27-22(33-23)18-8-5-15-29(16-18)24(31)25-14-13-17-6-3-2-4-7-17/h2-4,6-7,9-12,18H,5,8,13-16H2,1H3,(H,25,31)(H,26,30)/t18-/m0/s1. The number of anilines is 1. The molecule has 33 heavy (non-hydrogen) atoms. The molecule has 1 saturated heterocycles. The van der Waals surface area contributed by atoms with E-state index in [1.165, 1.54) is 16.9 Å². The van der Waals surface area contributed by atoms with Crippen LogP contribution in [0.5, 0.6) is 5.75 Å². The van der Waals surface area contributed by atoms with Crippen LogP contribution in [0.4, 0.5) is 10.5 Å². The SMILES string of the molecule is COc1ccc(NC(=O)c2nnc([C@H]3CCCN(C(=O)NCCc4ccccc4)C3)s2)cc1. The first-order valence-corrected chi connectivity index (χ1v) is 11.8. The number of amides is 3. The van der Waals surface area contributed by atoms with E-state index < -0.39 is 0 Å². The number of hydrogen-bond acceptors (Lipinski definition) is 6. The molecular weight excluding hydrogens is 438 g/mol. The zero-order valence-electron chi connectivity index (χ0n) is 18.5. The summed E-state index contributed by atoms with van der Waals surface area (Å²) in [5.74, 6) is 0.506. The van der Waals surface area contributed by atoms with Crippen LogP contribution in [-0.4, -0.2) is 53.8 Å². The van der Waals surface area contributed by atoms with E-state index in [-0.39, 0.29) is 17.9 Å². The topological polar surface area (TPSA) is 96.4 Å². The van der Waals surface area contributed by atoms with Crippen LogP contribution < -0.4 is 15.4 Å². The van der Waals surface area contributed by atoms with Crippen LogP contribution in [0.15, 0.2) is 54.6 Å². The molecule has 9 heteroatoms. The fourth-order valence-electron chi connectivity index (χ4n) is 3.78. The number of urea groups is 1. The van der Waals surface area contributed by atoms with Crippen LogP contribution in [0, 0.1) is 0 Å². The van der Waals surface area contributed by atoms with Gasteiger partial charge in [-0.05, 0) is 49.1 Å². The molecule has 0 bridgehead atoms. The maximum absolute atomic E-state index is 12.6. The summed E-state index contributed by atoms with van der Waals surface area (Å²) in [6, 6.07) is 17.1. The molecule has 0 spiro atoms. The van der Waals surface area contributed by atoms with Gasteiger partial charge in [-0.1, -0.05) is 41.7 Å². The number of carbonyl (C=O) groups excluding carboxylic acids is 2. The van der Waals surface area contributed by atoms with Crippen molar-refractivity contribution in [3.05, 3.63) is 70.2 Å². The Labute approximate surface area is 197 Å². The molecule has 1 fully saturated rings. The molecule has 1 aromatic heterocycles. The van der Waals surface area contributed by atoms with Crippen molar-refractivity contribution in [3.8, 4) is 5.75 Å². The number of nitrogens with zero attached hydrogens (tertiary/aromatic N) is 3. The Balaban J connectivity index is 1.29. The Morgan fingerprint density at radius 2 is 1.91 bits per heavy atom. The van der Waals surface area contributed by atoms with E-state index in [1.54, 1.807) is 31.4 Å². The number of benzene rings is 2. The smallest absolute Gasteiger partial charge is 0.317 e. The maximum atomic E-state index is 12.6. The number of rotatable bonds is 7. The largest absolute Gasteiger partial charge is 0.497 e. The summed E-state index contributed by atoms with van der Waals surface area (Å²) in [7, 11) is 1.59. The van der Waals surface area contributed by atoms with Gasteiger partial charge in [-0.15, -0.1) is 10.2 Å². The highest BCUT2D eigenvalue weighted by molar-refractivity contribution is 7.13. The Morgan fingerprint density at radius 3 is 2.67 bits per heavy atom. The third kappa shape index (κ3) is 6.07. The van der Waals surface area contributed by atoms with E-state index in [4.69, 9.17) is 4.74 Å². The number of likely N-dealkylation sites (tertiary alicyclic amines) is 1. The van der Waals surface area contributed by atoms with Gasteiger partial charge in [-0.25, -0.2) is 4.79 Å². The van der Waals surface area contributed by atoms with E-state index in [2.05, 4.69) is 33.0 Å². The predicted octanol–water partition coefficient (Wildman–Crippen LogP) is 3.93. The molecule has 0 radical (unpaired) electrons. The first kappa shape index (κ1) is 22.7. The average molecular weight is 466 g/mol. The average Bonchev–Trinajstić information content (AvgIpc) is 3.36. The van der Waals surface area contributed by atoms with Crippen LogP contribution in [0.3, 0.4) is 0 Å². The van der Waals surface area contributed by atoms with Crippen molar-refractivity contribution in [1.82, 2.24) is 20.4 Å². The Hall–Kier alpha value is -3.46. The highest BCUT2D eigenvalue weighted by Gasteiger charge is 2.28. The second-order valence-electron chi connectivity index (χ2n) is 7.88. The number of ether oxygens (including phenoxy) is 1. The minimum atomic E-state index is -0.296. The van der Waals surface area contributed by atoms with Crippen molar-refractivity contribution in [2.45, 2.75) is 25.2 Å². The summed E-state index contributed by atoms with van der Waals surface area (Å²) < 4.78 is 5.13. The number of carbonyl (C=O) groups is 2. The molecule has 1 aliphatic heterocycles. The number of methoxy groups -OCH3 is 1. The van der Waals surface area contributed by atoms with Gasteiger partial charge in [0, 0.05) is 31.2 Å². The lowest BCUT2D eigenvalue weighted by Crippen LogP contribution is -2.45. The normalized spacial score (nSPS) is 15.7. The van der Waals surface area contributed by atoms with Gasteiger partial charge in [0.1, 0.15) is 10.8 Å². The summed E-state index contributed by atoms with van der Waals surface area (Å²) in [4.78, 5) is 27.0. The van der Waals surface area contributed by atoms with E-state index in [1.807, 2.05) is 23.1 Å². The highest BCUT2D eigenvalue weighted by atomic mass is 32.1. The molecule has 8 nitrogen and oxygen atoms in total. The van der Waals surface area contributed by atoms with Gasteiger partial charge < -0.3 is 20.3 Å². The lowest BCUT2D eigenvalue weighted by atomic mass is 9.99. The van der Waals surface area contributed by atoms with Crippen LogP contribution in [-0.2, 0) is 6.42 Å². The summed E-state index contributed by atoms with van der Waals surface area (Å²) in [5.41, 5.74) is 1.86. The van der Waals surface area contributed by atoms with Crippen LogP contribution in [0.1, 0.15) is 39.1 Å². The molecule has 2 heterocycles. The number of hydrogen-bond donors (Lipinski definition) is 2. The fourth-order valence-corrected chi connectivity index (χ4v) is 4.65. The molecule has 4 rings (SSSR count). The summed E-state index contributed by atoms with van der Waals surface area (Å²) in [5, 5.41) is 15.3. The number of nitrogens with one attached hydrogen (secondary N) is 2. The Morgan fingerprint density at radius 1 is 1.12 bits per heavy atom. The van der Waals surface area contributed by atoms with Crippen molar-refractivity contribution in [2.24, 2.45) is 0 Å². The third-order valence-electron chi connectivity index (χ3n) is 5.57. The van der Waals surface area contributed by atoms with Crippen LogP contribution in [0.25, 0.3) is 0 Å². The van der Waals surface area contributed by atoms with Crippen molar-refractivity contribution in [2.75, 3.05) is 32.1 Å². The van der Waals surface area contributed by atoms with E-state index in [0.717, 1.165) is 36.6 Å². The molecular formula is C24H27N5O3S. The third-order valence-corrected chi connectivity index (χ3v) is 6.66. The summed E-state index contributed by atoms with van der Waals surface area (Å²) in [6.45, 7) is 1.89. The summed E-state index contributed by atoms with van der Waals surface area (Å²) in [6.07, 6.45) is 2.61. The molecule has 2 aromatic carbocycles. The van der Waals surface area contributed by atoms with E-state index in [0.29, 0.717) is 23.8 Å². The first-order chi connectivity index (χ1) is 16.1. The lowest BCUT2D eigenvalue weighted by molar-refractivity contribution is 0.102. The molecule has 2 N–H and O–H groups in total. The highest BCUT2D eigenvalue weighted by Crippen LogP contribution is 2.29. The minimum Gasteiger partial charge on any atom is -0.497 e. The van der Waals surface area contributed by atoms with E-state index >= 15 is 0 Å². The quantitative estimate of drug-likeness (QED) is 0.551. The number of aromatic nitrogens is 2. The van der Waals surface area contributed by atoms with Gasteiger partial charge in [0.25, 0.3) is 5.91 Å². The molecule has 1 aliphatic rings. The van der Waals surface area contributed by atoms with Crippen molar-refractivity contribution >= 4 is 29.0 Å². The predicted molar refractivity (Wildman–Crippen MR) is 128 cm³/mol. The molecule has 0 aliphatic carbocycles. The van der Waals surface area contributed by atoms with Gasteiger partial charge in [-0.3, -0.25) is 4.79 Å². The van der Waals surface area contributed by atoms with Crippen LogP contribution in [0.2, 0.25) is 0 Å². The number of piperidine rings is 1. The minimum absolute atomic E-state index is 0.0578. The second-order valence-corrected chi connectivity index (χ2v) is 8.89. The Bertz CT molecular complexity index is 1070. The second kappa shape index (κ2) is 10.9. The zero-order valence-corrected chi connectivity index (χ0v) is 19.3. The Kier molecular flexibility index (Phi) is 7.51. The van der Waals surface area contributed by atoms with Gasteiger partial charge in [0.2, 0.25) is 5.01 Å². The van der Waals surface area contributed by atoms with Crippen LogP contribution >= 0.6 is 11.3 Å². The van der Waals surface area contributed by atoms with Gasteiger partial charge in [-0.2, -0.15) is 0 Å². The molecule has 3 amide bonds. The first-order valence-electron chi connectivity index (χ1n) is 11.0. The monoisotopic (exact) mass is 465 g/mol. The maximum Gasteiger partial charge on any atom is 0.317 e. The lowest BCUT2D eigenvalue weighted by Gasteiger charge is -2.31.